The van der Waals surface area contributed by atoms with E-state index < -0.39 is 0 Å². The molecule has 144 valence electrons. The second-order valence-electron chi connectivity index (χ2n) is 6.07. The third kappa shape index (κ3) is 4.87. The quantitative estimate of drug-likeness (QED) is 0.376. The predicted octanol–water partition coefficient (Wildman–Crippen LogP) is 5.31. The van der Waals surface area contributed by atoms with Crippen molar-refractivity contribution in [2.45, 2.75) is 43.1 Å². The van der Waals surface area contributed by atoms with Crippen LogP contribution in [0.4, 0.5) is 10.2 Å². The molecule has 0 bridgehead atoms. The highest BCUT2D eigenvalue weighted by Crippen LogP contribution is 2.37. The molecule has 0 radical (unpaired) electrons. The summed E-state index contributed by atoms with van der Waals surface area (Å²) in [6.45, 7) is 3.96. The maximum atomic E-state index is 14.1. The van der Waals surface area contributed by atoms with E-state index in [1.54, 1.807) is 12.1 Å². The van der Waals surface area contributed by atoms with Gasteiger partial charge in [0.1, 0.15) is 10.5 Å². The van der Waals surface area contributed by atoms with Crippen LogP contribution >= 0.6 is 34.7 Å². The van der Waals surface area contributed by atoms with Gasteiger partial charge in [0.15, 0.2) is 21.1 Å². The fourth-order valence-corrected chi connectivity index (χ4v) is 4.62. The van der Waals surface area contributed by atoms with E-state index in [2.05, 4.69) is 27.2 Å². The molecule has 9 heteroatoms. The van der Waals surface area contributed by atoms with Crippen molar-refractivity contribution in [1.82, 2.24) is 15.0 Å². The van der Waals surface area contributed by atoms with Gasteiger partial charge < -0.3 is 10.4 Å². The number of fused-ring (bicyclic) bond motifs is 1. The summed E-state index contributed by atoms with van der Waals surface area (Å²) in [6.07, 6.45) is 1.74. The molecular weight excluding hydrogens is 407 g/mol. The molecule has 5 nitrogen and oxygen atoms in total. The second-order valence-corrected chi connectivity index (χ2v) is 8.96. The first-order valence-corrected chi connectivity index (χ1v) is 10.7. The van der Waals surface area contributed by atoms with E-state index in [1.807, 2.05) is 13.0 Å². The van der Waals surface area contributed by atoms with Crippen molar-refractivity contribution >= 4 is 50.9 Å². The number of aliphatic hydroxyl groups is 1. The zero-order valence-electron chi connectivity index (χ0n) is 14.9. The zero-order chi connectivity index (χ0) is 19.4. The first-order valence-electron chi connectivity index (χ1n) is 8.64. The van der Waals surface area contributed by atoms with Gasteiger partial charge in [-0.25, -0.2) is 19.3 Å². The summed E-state index contributed by atoms with van der Waals surface area (Å²) in [6, 6.07) is 6.56. The number of thiazole rings is 1. The molecule has 3 aromatic rings. The number of benzene rings is 1. The first-order chi connectivity index (χ1) is 13.0. The Morgan fingerprint density at radius 3 is 2.78 bits per heavy atom. The lowest BCUT2D eigenvalue weighted by Gasteiger charge is -2.17. The van der Waals surface area contributed by atoms with Gasteiger partial charge in [-0.1, -0.05) is 66.2 Å². The van der Waals surface area contributed by atoms with Crippen LogP contribution in [-0.2, 0) is 0 Å². The minimum atomic E-state index is -0.253. The summed E-state index contributed by atoms with van der Waals surface area (Å²) in [4.78, 5) is 13.3. The maximum Gasteiger partial charge on any atom is 0.192 e. The average Bonchev–Trinajstić information content (AvgIpc) is 3.02. The molecule has 0 spiro atoms. The summed E-state index contributed by atoms with van der Waals surface area (Å²) in [5.74, 6) is 0.344. The summed E-state index contributed by atoms with van der Waals surface area (Å²) in [5.41, 5.74) is 1.09. The normalized spacial score (nSPS) is 13.7. The molecule has 0 saturated carbocycles. The number of rotatable bonds is 8. The van der Waals surface area contributed by atoms with Crippen LogP contribution in [-0.4, -0.2) is 32.7 Å². The van der Waals surface area contributed by atoms with Gasteiger partial charge in [-0.2, -0.15) is 0 Å². The van der Waals surface area contributed by atoms with Crippen molar-refractivity contribution in [2.75, 3.05) is 11.9 Å². The van der Waals surface area contributed by atoms with Crippen LogP contribution < -0.4 is 5.32 Å². The number of hydrogen-bond donors (Lipinski definition) is 2. The van der Waals surface area contributed by atoms with Gasteiger partial charge in [0.2, 0.25) is 0 Å². The predicted molar refractivity (Wildman–Crippen MR) is 110 cm³/mol. The third-order valence-corrected chi connectivity index (χ3v) is 6.19. The minimum Gasteiger partial charge on any atom is -0.394 e. The van der Waals surface area contributed by atoms with Crippen LogP contribution in [0.3, 0.4) is 0 Å². The molecule has 3 rings (SSSR count). The molecule has 2 heterocycles. The number of anilines is 1. The fourth-order valence-electron chi connectivity index (χ4n) is 2.71. The molecule has 0 fully saturated rings. The molecule has 0 unspecified atom stereocenters. The van der Waals surface area contributed by atoms with Crippen LogP contribution in [0.2, 0.25) is 4.47 Å². The lowest BCUT2D eigenvalue weighted by molar-refractivity contribution is 0.268. The molecule has 0 aliphatic rings. The molecule has 0 aliphatic carbocycles. The number of thioether (sulfide) groups is 1. The highest BCUT2D eigenvalue weighted by atomic mass is 35.5. The summed E-state index contributed by atoms with van der Waals surface area (Å²) in [7, 11) is 0. The Labute approximate surface area is 170 Å². The summed E-state index contributed by atoms with van der Waals surface area (Å²) < 4.78 is 15.2. The molecule has 1 aromatic carbocycles. The monoisotopic (exact) mass is 426 g/mol. The van der Waals surface area contributed by atoms with Crippen LogP contribution in [0.25, 0.3) is 10.3 Å². The van der Waals surface area contributed by atoms with Gasteiger partial charge in [-0.3, -0.25) is 0 Å². The van der Waals surface area contributed by atoms with Crippen molar-refractivity contribution in [2.24, 2.45) is 0 Å². The molecule has 2 aromatic heterocycles. The molecule has 27 heavy (non-hydrogen) atoms. The highest BCUT2D eigenvalue weighted by Gasteiger charge is 2.19. The van der Waals surface area contributed by atoms with E-state index in [-0.39, 0.29) is 23.7 Å². The summed E-state index contributed by atoms with van der Waals surface area (Å²) in [5, 5.41) is 13.2. The second kappa shape index (κ2) is 9.14. The lowest BCUT2D eigenvalue weighted by atomic mass is 10.1. The SMILES string of the molecule is CCC[C@H](CO)Nc1nc(S[C@@H](C)c2ccccc2F)nc2nc(Cl)sc12. The number of halogens is 2. The summed E-state index contributed by atoms with van der Waals surface area (Å²) >= 11 is 8.71. The average molecular weight is 427 g/mol. The fraction of sp³-hybridized carbons (Fsp3) is 0.389. The molecular formula is C18H20ClFN4OS2. The topological polar surface area (TPSA) is 70.9 Å². The number of nitrogens with one attached hydrogen (secondary N) is 1. The Kier molecular flexibility index (Phi) is 6.86. The minimum absolute atomic E-state index is 0.0000221. The highest BCUT2D eigenvalue weighted by molar-refractivity contribution is 7.99. The van der Waals surface area contributed by atoms with E-state index in [9.17, 15) is 9.50 Å². The third-order valence-electron chi connectivity index (χ3n) is 4.03. The van der Waals surface area contributed by atoms with Gasteiger partial charge in [-0.15, -0.1) is 0 Å². The van der Waals surface area contributed by atoms with E-state index in [0.29, 0.717) is 26.7 Å². The van der Waals surface area contributed by atoms with Gasteiger partial charge in [0.05, 0.1) is 12.6 Å². The Balaban J connectivity index is 1.92. The zero-order valence-corrected chi connectivity index (χ0v) is 17.3. The number of aliphatic hydroxyl groups excluding tert-OH is 1. The van der Waals surface area contributed by atoms with Crippen molar-refractivity contribution in [1.29, 1.82) is 0 Å². The van der Waals surface area contributed by atoms with E-state index in [1.165, 1.54) is 29.2 Å². The van der Waals surface area contributed by atoms with Gasteiger partial charge in [0.25, 0.3) is 0 Å². The van der Waals surface area contributed by atoms with Crippen molar-refractivity contribution in [3.63, 3.8) is 0 Å². The van der Waals surface area contributed by atoms with Crippen LogP contribution in [0, 0.1) is 5.82 Å². The maximum absolute atomic E-state index is 14.1. The first kappa shape index (κ1) is 20.3. The molecule has 2 N–H and O–H groups in total. The van der Waals surface area contributed by atoms with Gasteiger partial charge in [-0.05, 0) is 19.4 Å². The number of nitrogens with zero attached hydrogens (tertiary/aromatic N) is 3. The van der Waals surface area contributed by atoms with E-state index >= 15 is 0 Å². The standard InChI is InChI=1S/C18H20ClFN4OS2/c1-3-6-11(9-25)21-15-14-16(22-17(19)27-14)24-18(23-15)26-10(2)12-7-4-5-8-13(12)20/h4-5,7-8,10-11,25H,3,6,9H2,1-2H3,(H,21,23,24)/t10-,11+/m0/s1. The van der Waals surface area contributed by atoms with Crippen LogP contribution in [0.5, 0.6) is 0 Å². The van der Waals surface area contributed by atoms with Gasteiger partial charge >= 0.3 is 0 Å². The van der Waals surface area contributed by atoms with Crippen LogP contribution in [0.15, 0.2) is 29.4 Å². The number of aromatic nitrogens is 3. The molecule has 0 amide bonds. The Morgan fingerprint density at radius 1 is 1.30 bits per heavy atom. The number of hydrogen-bond acceptors (Lipinski definition) is 7. The molecule has 0 aliphatic heterocycles. The molecule has 2 atom stereocenters. The smallest absolute Gasteiger partial charge is 0.192 e. The van der Waals surface area contributed by atoms with Crippen molar-refractivity contribution in [3.05, 3.63) is 40.1 Å². The van der Waals surface area contributed by atoms with Crippen LogP contribution in [0.1, 0.15) is 37.5 Å². The molecule has 0 saturated heterocycles. The largest absolute Gasteiger partial charge is 0.394 e. The van der Waals surface area contributed by atoms with Crippen molar-refractivity contribution in [3.8, 4) is 0 Å². The van der Waals surface area contributed by atoms with Crippen molar-refractivity contribution < 1.29 is 9.50 Å². The van der Waals surface area contributed by atoms with E-state index in [0.717, 1.165) is 17.5 Å². The Hall–Kier alpha value is -1.48. The Morgan fingerprint density at radius 2 is 2.07 bits per heavy atom. The Bertz CT molecular complexity index is 924. The van der Waals surface area contributed by atoms with Gasteiger partial charge in [0, 0.05) is 10.8 Å². The van der Waals surface area contributed by atoms with E-state index in [4.69, 9.17) is 11.6 Å². The lowest BCUT2D eigenvalue weighted by Crippen LogP contribution is -2.24.